The summed E-state index contributed by atoms with van der Waals surface area (Å²) in [5, 5.41) is 4.71. The standard InChI is InChI=1S/C15H19N3O3S/c1-10(19)13-6-11(9-22-13)7-14(20)18-5-4-17-3-2-16-15(21)12(17)8-18/h6,9,12H,2-5,7-8H2,1H3,(H,16,21)/t12-/m0/s1. The third-order valence-corrected chi connectivity index (χ3v) is 5.28. The molecule has 3 heterocycles. The molecule has 1 N–H and O–H groups in total. The maximum Gasteiger partial charge on any atom is 0.239 e. The van der Waals surface area contributed by atoms with Gasteiger partial charge in [-0.15, -0.1) is 11.3 Å². The molecule has 2 fully saturated rings. The highest BCUT2D eigenvalue weighted by Crippen LogP contribution is 2.18. The molecule has 2 aliphatic heterocycles. The van der Waals surface area contributed by atoms with Crippen molar-refractivity contribution in [1.82, 2.24) is 15.1 Å². The summed E-state index contributed by atoms with van der Waals surface area (Å²) in [7, 11) is 0. The van der Waals surface area contributed by atoms with Gasteiger partial charge in [0.25, 0.3) is 0 Å². The number of hydrogen-bond acceptors (Lipinski definition) is 5. The molecular weight excluding hydrogens is 302 g/mol. The number of Topliss-reactive ketones (excluding diaryl/α,β-unsaturated/α-hetero) is 1. The van der Waals surface area contributed by atoms with Gasteiger partial charge in [-0.1, -0.05) is 0 Å². The molecule has 1 aromatic heterocycles. The van der Waals surface area contributed by atoms with Crippen LogP contribution in [0.2, 0.25) is 0 Å². The van der Waals surface area contributed by atoms with E-state index in [1.165, 1.54) is 18.3 Å². The Morgan fingerprint density at radius 1 is 1.36 bits per heavy atom. The summed E-state index contributed by atoms with van der Waals surface area (Å²) in [4.78, 5) is 40.2. The summed E-state index contributed by atoms with van der Waals surface area (Å²) >= 11 is 1.37. The molecule has 2 amide bonds. The minimum atomic E-state index is -0.221. The number of piperazine rings is 2. The molecule has 22 heavy (non-hydrogen) atoms. The second-order valence-electron chi connectivity index (χ2n) is 5.73. The number of thiophene rings is 1. The number of ketones is 1. The van der Waals surface area contributed by atoms with Gasteiger partial charge in [-0.3, -0.25) is 19.3 Å². The predicted octanol–water partition coefficient (Wildman–Crippen LogP) is 0.136. The van der Waals surface area contributed by atoms with Crippen molar-refractivity contribution in [2.75, 3.05) is 32.7 Å². The van der Waals surface area contributed by atoms with Crippen LogP contribution in [-0.2, 0) is 16.0 Å². The zero-order chi connectivity index (χ0) is 15.7. The van der Waals surface area contributed by atoms with E-state index in [2.05, 4.69) is 10.2 Å². The summed E-state index contributed by atoms with van der Waals surface area (Å²) in [5.74, 6) is 0.0558. The number of fused-ring (bicyclic) bond motifs is 1. The highest BCUT2D eigenvalue weighted by Gasteiger charge is 2.36. The van der Waals surface area contributed by atoms with Gasteiger partial charge in [0.2, 0.25) is 11.8 Å². The van der Waals surface area contributed by atoms with E-state index < -0.39 is 0 Å². The van der Waals surface area contributed by atoms with Crippen LogP contribution in [0.1, 0.15) is 22.2 Å². The molecule has 0 radical (unpaired) electrons. The quantitative estimate of drug-likeness (QED) is 0.804. The molecule has 2 aliphatic rings. The molecule has 0 aromatic carbocycles. The fourth-order valence-corrected chi connectivity index (χ4v) is 3.76. The molecule has 2 saturated heterocycles. The Labute approximate surface area is 133 Å². The van der Waals surface area contributed by atoms with E-state index in [0.29, 0.717) is 24.5 Å². The zero-order valence-corrected chi connectivity index (χ0v) is 13.3. The van der Waals surface area contributed by atoms with Crippen molar-refractivity contribution >= 4 is 28.9 Å². The van der Waals surface area contributed by atoms with E-state index >= 15 is 0 Å². The van der Waals surface area contributed by atoms with E-state index in [1.54, 1.807) is 11.0 Å². The summed E-state index contributed by atoms with van der Waals surface area (Å²) in [6, 6.07) is 1.57. The number of hydrogen-bond donors (Lipinski definition) is 1. The SMILES string of the molecule is CC(=O)c1cc(CC(=O)N2CCN3CCNC(=O)[C@@H]3C2)cs1. The third kappa shape index (κ3) is 3.05. The van der Waals surface area contributed by atoms with Gasteiger partial charge in [0.15, 0.2) is 5.78 Å². The highest BCUT2D eigenvalue weighted by molar-refractivity contribution is 7.12. The zero-order valence-electron chi connectivity index (χ0n) is 12.5. The first kappa shape index (κ1) is 15.2. The van der Waals surface area contributed by atoms with Crippen LogP contribution < -0.4 is 5.32 Å². The van der Waals surface area contributed by atoms with Crippen molar-refractivity contribution in [3.8, 4) is 0 Å². The van der Waals surface area contributed by atoms with Crippen LogP contribution in [0.3, 0.4) is 0 Å². The van der Waals surface area contributed by atoms with Crippen molar-refractivity contribution in [1.29, 1.82) is 0 Å². The molecule has 0 saturated carbocycles. The molecular formula is C15H19N3O3S. The fourth-order valence-electron chi connectivity index (χ4n) is 2.94. The average molecular weight is 321 g/mol. The Morgan fingerprint density at radius 2 is 2.18 bits per heavy atom. The van der Waals surface area contributed by atoms with Crippen molar-refractivity contribution in [2.24, 2.45) is 0 Å². The van der Waals surface area contributed by atoms with Crippen LogP contribution in [0.25, 0.3) is 0 Å². The second-order valence-corrected chi connectivity index (χ2v) is 6.65. The van der Waals surface area contributed by atoms with E-state index in [9.17, 15) is 14.4 Å². The number of carbonyl (C=O) groups excluding carboxylic acids is 3. The fraction of sp³-hybridized carbons (Fsp3) is 0.533. The van der Waals surface area contributed by atoms with Gasteiger partial charge < -0.3 is 10.2 Å². The lowest BCUT2D eigenvalue weighted by molar-refractivity contribution is -0.139. The van der Waals surface area contributed by atoms with Gasteiger partial charge >= 0.3 is 0 Å². The summed E-state index contributed by atoms with van der Waals surface area (Å²) in [6.07, 6.45) is 0.290. The largest absolute Gasteiger partial charge is 0.353 e. The molecule has 0 unspecified atom stereocenters. The first-order valence-electron chi connectivity index (χ1n) is 7.42. The Morgan fingerprint density at radius 3 is 2.91 bits per heavy atom. The Balaban J connectivity index is 1.62. The van der Waals surface area contributed by atoms with Crippen LogP contribution in [0.4, 0.5) is 0 Å². The molecule has 3 rings (SSSR count). The van der Waals surface area contributed by atoms with Crippen molar-refractivity contribution in [3.05, 3.63) is 21.9 Å². The van der Waals surface area contributed by atoms with E-state index in [4.69, 9.17) is 0 Å². The number of nitrogens with one attached hydrogen (secondary N) is 1. The third-order valence-electron chi connectivity index (χ3n) is 4.20. The molecule has 118 valence electrons. The van der Waals surface area contributed by atoms with Crippen LogP contribution in [0.5, 0.6) is 0 Å². The molecule has 0 bridgehead atoms. The molecule has 6 nitrogen and oxygen atoms in total. The van der Waals surface area contributed by atoms with Crippen molar-refractivity contribution < 1.29 is 14.4 Å². The maximum absolute atomic E-state index is 12.4. The lowest BCUT2D eigenvalue weighted by Crippen LogP contribution is -2.64. The molecule has 7 heteroatoms. The predicted molar refractivity (Wildman–Crippen MR) is 83.0 cm³/mol. The summed E-state index contributed by atoms with van der Waals surface area (Å²) < 4.78 is 0. The topological polar surface area (TPSA) is 69.7 Å². The highest BCUT2D eigenvalue weighted by atomic mass is 32.1. The molecule has 1 aromatic rings. The Bertz CT molecular complexity index is 613. The van der Waals surface area contributed by atoms with E-state index in [0.717, 1.165) is 18.7 Å². The maximum atomic E-state index is 12.4. The van der Waals surface area contributed by atoms with Gasteiger partial charge in [-0.25, -0.2) is 0 Å². The molecule has 0 aliphatic carbocycles. The van der Waals surface area contributed by atoms with Crippen LogP contribution >= 0.6 is 11.3 Å². The van der Waals surface area contributed by atoms with Crippen LogP contribution in [0.15, 0.2) is 11.4 Å². The normalized spacial score (nSPS) is 22.1. The average Bonchev–Trinajstić information content (AvgIpc) is 2.96. The van der Waals surface area contributed by atoms with Crippen LogP contribution in [0, 0.1) is 0 Å². The van der Waals surface area contributed by atoms with Gasteiger partial charge in [0, 0.05) is 32.7 Å². The Hall–Kier alpha value is -1.73. The first-order chi connectivity index (χ1) is 10.5. The van der Waals surface area contributed by atoms with E-state index in [-0.39, 0.29) is 30.1 Å². The lowest BCUT2D eigenvalue weighted by Gasteiger charge is -2.43. The molecule has 1 atom stereocenters. The summed E-state index contributed by atoms with van der Waals surface area (Å²) in [6.45, 7) is 4.92. The minimum absolute atomic E-state index is 0.0122. The second kappa shape index (κ2) is 6.18. The number of carbonyl (C=O) groups is 3. The lowest BCUT2D eigenvalue weighted by atomic mass is 10.1. The minimum Gasteiger partial charge on any atom is -0.353 e. The first-order valence-corrected chi connectivity index (χ1v) is 8.30. The van der Waals surface area contributed by atoms with Crippen molar-refractivity contribution in [3.63, 3.8) is 0 Å². The van der Waals surface area contributed by atoms with Gasteiger partial charge in [-0.2, -0.15) is 0 Å². The van der Waals surface area contributed by atoms with Crippen molar-refractivity contribution in [2.45, 2.75) is 19.4 Å². The van der Waals surface area contributed by atoms with Gasteiger partial charge in [0.05, 0.1) is 11.3 Å². The van der Waals surface area contributed by atoms with E-state index in [1.807, 2.05) is 5.38 Å². The number of amides is 2. The van der Waals surface area contributed by atoms with Crippen LogP contribution in [-0.4, -0.2) is 66.2 Å². The smallest absolute Gasteiger partial charge is 0.239 e. The van der Waals surface area contributed by atoms with Gasteiger partial charge in [0.1, 0.15) is 6.04 Å². The van der Waals surface area contributed by atoms with Gasteiger partial charge in [-0.05, 0) is 23.9 Å². The molecule has 0 spiro atoms. The Kier molecular flexibility index (Phi) is 4.26. The number of nitrogens with zero attached hydrogens (tertiary/aromatic N) is 2. The number of rotatable bonds is 3. The monoisotopic (exact) mass is 321 g/mol. The summed E-state index contributed by atoms with van der Waals surface area (Å²) in [5.41, 5.74) is 0.871.